The summed E-state index contributed by atoms with van der Waals surface area (Å²) in [4.78, 5) is 26.8. The molecule has 1 N–H and O–H groups in total. The van der Waals surface area contributed by atoms with Crippen molar-refractivity contribution in [2.24, 2.45) is 0 Å². The number of rotatable bonds is 7. The average molecular weight is 346 g/mol. The second-order valence-electron chi connectivity index (χ2n) is 7.00. The van der Waals surface area contributed by atoms with Gasteiger partial charge in [0.2, 0.25) is 5.91 Å². The predicted molar refractivity (Wildman–Crippen MR) is 98.6 cm³/mol. The van der Waals surface area contributed by atoms with Crippen molar-refractivity contribution in [3.8, 4) is 0 Å². The van der Waals surface area contributed by atoms with Crippen LogP contribution >= 0.6 is 0 Å². The molecule has 1 aliphatic heterocycles. The van der Waals surface area contributed by atoms with E-state index in [2.05, 4.69) is 36.1 Å². The molecule has 1 amide bonds. The molecule has 1 saturated heterocycles. The van der Waals surface area contributed by atoms with Crippen LogP contribution in [0.3, 0.4) is 0 Å². The van der Waals surface area contributed by atoms with Gasteiger partial charge in [-0.15, -0.1) is 0 Å². The molecular formula is C20H30N2O3. The molecule has 0 spiro atoms. The molecular weight excluding hydrogens is 316 g/mol. The van der Waals surface area contributed by atoms with Crippen molar-refractivity contribution < 1.29 is 14.7 Å². The molecule has 138 valence electrons. The van der Waals surface area contributed by atoms with Gasteiger partial charge >= 0.3 is 5.97 Å². The van der Waals surface area contributed by atoms with Gasteiger partial charge in [-0.3, -0.25) is 9.59 Å². The number of carbonyl (C=O) groups excluding carboxylic acids is 1. The number of likely N-dealkylation sites (tertiary alicyclic amines) is 1. The first kappa shape index (κ1) is 19.4. The monoisotopic (exact) mass is 346 g/mol. The van der Waals surface area contributed by atoms with Crippen LogP contribution in [-0.2, 0) is 16.0 Å². The molecule has 1 atom stereocenters. The number of aliphatic carboxylic acids is 1. The summed E-state index contributed by atoms with van der Waals surface area (Å²) in [6, 6.07) is 8.58. The van der Waals surface area contributed by atoms with Crippen molar-refractivity contribution in [3.05, 3.63) is 35.4 Å². The van der Waals surface area contributed by atoms with Crippen molar-refractivity contribution in [1.82, 2.24) is 9.80 Å². The van der Waals surface area contributed by atoms with E-state index in [0.29, 0.717) is 0 Å². The number of carbonyl (C=O) groups is 2. The second kappa shape index (κ2) is 9.56. The van der Waals surface area contributed by atoms with E-state index in [1.165, 1.54) is 23.0 Å². The summed E-state index contributed by atoms with van der Waals surface area (Å²) in [7, 11) is 0. The largest absolute Gasteiger partial charge is 0.480 e. The van der Waals surface area contributed by atoms with Gasteiger partial charge in [-0.05, 0) is 63.2 Å². The Morgan fingerprint density at radius 1 is 1.24 bits per heavy atom. The van der Waals surface area contributed by atoms with Gasteiger partial charge in [0.1, 0.15) is 6.54 Å². The highest BCUT2D eigenvalue weighted by Crippen LogP contribution is 2.18. The molecule has 0 aromatic heterocycles. The maximum atomic E-state index is 11.8. The second-order valence-corrected chi connectivity index (χ2v) is 7.00. The van der Waals surface area contributed by atoms with Crippen LogP contribution in [0.1, 0.15) is 43.7 Å². The molecule has 1 aromatic rings. The first-order chi connectivity index (χ1) is 12.0. The number of nitrogens with zero attached hydrogens (tertiary/aromatic N) is 2. The fourth-order valence-corrected chi connectivity index (χ4v) is 3.70. The molecule has 0 saturated carbocycles. The Morgan fingerprint density at radius 3 is 2.68 bits per heavy atom. The van der Waals surface area contributed by atoms with E-state index in [-0.39, 0.29) is 18.5 Å². The lowest BCUT2D eigenvalue weighted by atomic mass is 10.0. The third-order valence-electron chi connectivity index (χ3n) is 5.12. The predicted octanol–water partition coefficient (Wildman–Crippen LogP) is 2.72. The molecule has 25 heavy (non-hydrogen) atoms. The van der Waals surface area contributed by atoms with E-state index < -0.39 is 5.97 Å². The molecule has 1 unspecified atom stereocenters. The first-order valence-corrected chi connectivity index (χ1v) is 9.23. The van der Waals surface area contributed by atoms with E-state index in [0.717, 1.165) is 51.7 Å². The summed E-state index contributed by atoms with van der Waals surface area (Å²) in [6.45, 7) is 6.46. The summed E-state index contributed by atoms with van der Waals surface area (Å²) in [5.41, 5.74) is 2.77. The van der Waals surface area contributed by atoms with Crippen molar-refractivity contribution in [2.75, 3.05) is 26.2 Å². The van der Waals surface area contributed by atoms with Crippen LogP contribution in [0, 0.1) is 6.92 Å². The van der Waals surface area contributed by atoms with Crippen molar-refractivity contribution in [3.63, 3.8) is 0 Å². The smallest absolute Gasteiger partial charge is 0.323 e. The third kappa shape index (κ3) is 6.16. The minimum atomic E-state index is -0.936. The number of aryl methyl sites for hydroxylation is 2. The summed E-state index contributed by atoms with van der Waals surface area (Å²) in [6.07, 6.45) is 4.98. The Labute approximate surface area is 150 Å². The van der Waals surface area contributed by atoms with E-state index >= 15 is 0 Å². The highest BCUT2D eigenvalue weighted by Gasteiger charge is 2.25. The van der Waals surface area contributed by atoms with E-state index in [1.54, 1.807) is 0 Å². The van der Waals surface area contributed by atoms with Crippen LogP contribution in [0.2, 0.25) is 0 Å². The lowest BCUT2D eigenvalue weighted by molar-refractivity contribution is -0.145. The third-order valence-corrected chi connectivity index (χ3v) is 5.12. The topological polar surface area (TPSA) is 60.9 Å². The van der Waals surface area contributed by atoms with E-state index in [1.807, 2.05) is 0 Å². The van der Waals surface area contributed by atoms with Crippen molar-refractivity contribution >= 4 is 11.9 Å². The molecule has 5 nitrogen and oxygen atoms in total. The SMILES string of the molecule is CC(=O)N(CC(=O)O)C1CCCN(CCCc2ccccc2C)CC1. The van der Waals surface area contributed by atoms with Crippen molar-refractivity contribution in [2.45, 2.75) is 52.0 Å². The molecule has 0 radical (unpaired) electrons. The normalized spacial score (nSPS) is 18.6. The van der Waals surface area contributed by atoms with Gasteiger partial charge in [0, 0.05) is 19.5 Å². The van der Waals surface area contributed by atoms with Gasteiger partial charge in [-0.1, -0.05) is 24.3 Å². The fraction of sp³-hybridized carbons (Fsp3) is 0.600. The number of hydrogen-bond donors (Lipinski definition) is 1. The molecule has 5 heteroatoms. The van der Waals surface area contributed by atoms with Gasteiger partial charge in [-0.25, -0.2) is 0 Å². The Bertz CT molecular complexity index is 588. The molecule has 2 rings (SSSR count). The van der Waals surface area contributed by atoms with Crippen LogP contribution < -0.4 is 0 Å². The maximum absolute atomic E-state index is 11.8. The number of amides is 1. The Balaban J connectivity index is 1.81. The number of benzene rings is 1. The van der Waals surface area contributed by atoms with Crippen LogP contribution in [0.4, 0.5) is 0 Å². The molecule has 1 fully saturated rings. The molecule has 1 aromatic carbocycles. The summed E-state index contributed by atoms with van der Waals surface area (Å²) in [5, 5.41) is 9.03. The minimum absolute atomic E-state index is 0.0509. The van der Waals surface area contributed by atoms with Gasteiger partial charge < -0.3 is 14.9 Å². The summed E-state index contributed by atoms with van der Waals surface area (Å²) >= 11 is 0. The molecule has 1 heterocycles. The van der Waals surface area contributed by atoms with Gasteiger partial charge in [0.05, 0.1) is 0 Å². The molecule has 0 aliphatic carbocycles. The molecule has 0 bridgehead atoms. The fourth-order valence-electron chi connectivity index (χ4n) is 3.70. The summed E-state index contributed by atoms with van der Waals surface area (Å²) < 4.78 is 0. The first-order valence-electron chi connectivity index (χ1n) is 9.23. The van der Waals surface area contributed by atoms with Crippen LogP contribution in [0.5, 0.6) is 0 Å². The summed E-state index contributed by atoms with van der Waals surface area (Å²) in [5.74, 6) is -1.07. The highest BCUT2D eigenvalue weighted by atomic mass is 16.4. The van der Waals surface area contributed by atoms with Crippen LogP contribution in [0.15, 0.2) is 24.3 Å². The van der Waals surface area contributed by atoms with Gasteiger partial charge in [0.25, 0.3) is 0 Å². The zero-order chi connectivity index (χ0) is 18.2. The zero-order valence-corrected chi connectivity index (χ0v) is 15.4. The average Bonchev–Trinajstić information content (AvgIpc) is 2.79. The number of carboxylic acid groups (broad SMARTS) is 1. The quantitative estimate of drug-likeness (QED) is 0.825. The van der Waals surface area contributed by atoms with Crippen LogP contribution in [-0.4, -0.2) is 59.0 Å². The zero-order valence-electron chi connectivity index (χ0n) is 15.4. The van der Waals surface area contributed by atoms with Crippen molar-refractivity contribution in [1.29, 1.82) is 0 Å². The Hall–Kier alpha value is -1.88. The molecule has 1 aliphatic rings. The number of carboxylic acids is 1. The van der Waals surface area contributed by atoms with Crippen LogP contribution in [0.25, 0.3) is 0 Å². The maximum Gasteiger partial charge on any atom is 0.323 e. The highest BCUT2D eigenvalue weighted by molar-refractivity contribution is 5.79. The van der Waals surface area contributed by atoms with Gasteiger partial charge in [0.15, 0.2) is 0 Å². The lowest BCUT2D eigenvalue weighted by Gasteiger charge is -2.29. The standard InChI is InChI=1S/C20H30N2O3/c1-16-7-3-4-8-18(16)9-5-12-21-13-6-10-19(11-14-21)22(17(2)23)15-20(24)25/h3-4,7-8,19H,5-6,9-15H2,1-2H3,(H,24,25). The lowest BCUT2D eigenvalue weighted by Crippen LogP contribution is -2.42. The Morgan fingerprint density at radius 2 is 2.00 bits per heavy atom. The van der Waals surface area contributed by atoms with E-state index in [4.69, 9.17) is 5.11 Å². The van der Waals surface area contributed by atoms with Gasteiger partial charge in [-0.2, -0.15) is 0 Å². The van der Waals surface area contributed by atoms with E-state index in [9.17, 15) is 9.59 Å². The number of hydrogen-bond acceptors (Lipinski definition) is 3. The minimum Gasteiger partial charge on any atom is -0.480 e. The Kier molecular flexibility index (Phi) is 7.44.